The van der Waals surface area contributed by atoms with Crippen molar-refractivity contribution in [2.45, 2.75) is 13.3 Å². The summed E-state index contributed by atoms with van der Waals surface area (Å²) in [5.74, 6) is 1.20. The van der Waals surface area contributed by atoms with E-state index in [1.54, 1.807) is 11.6 Å². The zero-order valence-electron chi connectivity index (χ0n) is 17.1. The predicted octanol–water partition coefficient (Wildman–Crippen LogP) is 4.74. The summed E-state index contributed by atoms with van der Waals surface area (Å²) in [6.45, 7) is 2.63. The van der Waals surface area contributed by atoms with E-state index in [1.807, 2.05) is 43.3 Å². The van der Waals surface area contributed by atoms with E-state index in [1.165, 1.54) is 6.08 Å². The topological polar surface area (TPSA) is 87.2 Å². The lowest BCUT2D eigenvalue weighted by atomic mass is 10.1. The van der Waals surface area contributed by atoms with Crippen molar-refractivity contribution in [2.75, 3.05) is 6.61 Å². The Kier molecular flexibility index (Phi) is 6.10. The van der Waals surface area contributed by atoms with Crippen LogP contribution in [0.15, 0.2) is 72.8 Å². The van der Waals surface area contributed by atoms with E-state index in [0.717, 1.165) is 44.9 Å². The maximum absolute atomic E-state index is 11.1. The molecule has 0 aliphatic rings. The standard InChI is InChI=1S/C25H23N3O3/c1-2-31-21-11-8-19(9-12-21)20-10-13-22-23(16-20)27-24(26-22)15-18-5-3-17(4-6-18)7-14-25(29)28-30/h3-14,16,30H,2,15H2,1H3,(H,26,27)(H,28,29)/b14-7+. The van der Waals surface area contributed by atoms with Crippen LogP contribution in [-0.2, 0) is 11.2 Å². The molecule has 4 rings (SSSR count). The molecular weight excluding hydrogens is 390 g/mol. The van der Waals surface area contributed by atoms with Gasteiger partial charge < -0.3 is 9.72 Å². The maximum Gasteiger partial charge on any atom is 0.267 e. The Morgan fingerprint density at radius 2 is 1.81 bits per heavy atom. The third-order valence-electron chi connectivity index (χ3n) is 4.92. The Balaban J connectivity index is 1.49. The number of hydrogen-bond acceptors (Lipinski definition) is 4. The number of hydroxylamine groups is 1. The lowest BCUT2D eigenvalue weighted by Crippen LogP contribution is -2.14. The molecule has 0 saturated heterocycles. The molecule has 3 aromatic carbocycles. The maximum atomic E-state index is 11.1. The molecule has 4 aromatic rings. The monoisotopic (exact) mass is 413 g/mol. The highest BCUT2D eigenvalue weighted by atomic mass is 16.5. The number of hydrogen-bond donors (Lipinski definition) is 3. The van der Waals surface area contributed by atoms with E-state index in [0.29, 0.717) is 13.0 Å². The molecule has 3 N–H and O–H groups in total. The molecule has 0 aliphatic heterocycles. The van der Waals surface area contributed by atoms with Gasteiger partial charge in [0.25, 0.3) is 5.91 Å². The first-order valence-corrected chi connectivity index (χ1v) is 10.1. The summed E-state index contributed by atoms with van der Waals surface area (Å²) in [4.78, 5) is 19.2. The first-order valence-electron chi connectivity index (χ1n) is 10.1. The van der Waals surface area contributed by atoms with Gasteiger partial charge in [-0.3, -0.25) is 10.0 Å². The van der Waals surface area contributed by atoms with Gasteiger partial charge in [0.15, 0.2) is 0 Å². The molecule has 31 heavy (non-hydrogen) atoms. The Morgan fingerprint density at radius 1 is 1.06 bits per heavy atom. The van der Waals surface area contributed by atoms with Crippen LogP contribution in [0.4, 0.5) is 0 Å². The lowest BCUT2D eigenvalue weighted by molar-refractivity contribution is -0.124. The van der Waals surface area contributed by atoms with Gasteiger partial charge in [-0.25, -0.2) is 10.5 Å². The van der Waals surface area contributed by atoms with Crippen molar-refractivity contribution >= 4 is 23.0 Å². The van der Waals surface area contributed by atoms with E-state index >= 15 is 0 Å². The Morgan fingerprint density at radius 3 is 2.52 bits per heavy atom. The van der Waals surface area contributed by atoms with Gasteiger partial charge in [0, 0.05) is 12.5 Å². The summed E-state index contributed by atoms with van der Waals surface area (Å²) < 4.78 is 5.51. The van der Waals surface area contributed by atoms with Gasteiger partial charge in [-0.05, 0) is 59.5 Å². The van der Waals surface area contributed by atoms with Gasteiger partial charge in [0.1, 0.15) is 11.6 Å². The number of ether oxygens (including phenoxy) is 1. The molecule has 1 amide bonds. The van der Waals surface area contributed by atoms with E-state index in [-0.39, 0.29) is 0 Å². The SMILES string of the molecule is CCOc1ccc(-c2ccc3[nH]c(Cc4ccc(/C=C/C(=O)NO)cc4)nc3c2)cc1. The smallest absolute Gasteiger partial charge is 0.267 e. The Bertz CT molecular complexity index is 1210. The molecule has 156 valence electrons. The highest BCUT2D eigenvalue weighted by molar-refractivity contribution is 5.90. The third-order valence-corrected chi connectivity index (χ3v) is 4.92. The quantitative estimate of drug-likeness (QED) is 0.232. The van der Waals surface area contributed by atoms with E-state index in [9.17, 15) is 4.79 Å². The third kappa shape index (κ3) is 4.99. The number of fused-ring (bicyclic) bond motifs is 1. The summed E-state index contributed by atoms with van der Waals surface area (Å²) in [5, 5.41) is 8.53. The highest BCUT2D eigenvalue weighted by Gasteiger charge is 2.07. The van der Waals surface area contributed by atoms with Crippen LogP contribution in [0.2, 0.25) is 0 Å². The van der Waals surface area contributed by atoms with Crippen LogP contribution in [0.3, 0.4) is 0 Å². The summed E-state index contributed by atoms with van der Waals surface area (Å²) in [6.07, 6.45) is 3.59. The van der Waals surface area contributed by atoms with Gasteiger partial charge in [0.05, 0.1) is 17.6 Å². The second-order valence-electron chi connectivity index (χ2n) is 7.10. The minimum absolute atomic E-state index is 0.559. The number of benzene rings is 3. The molecule has 0 fully saturated rings. The average molecular weight is 413 g/mol. The molecule has 1 heterocycles. The fraction of sp³-hybridized carbons (Fsp3) is 0.120. The van der Waals surface area contributed by atoms with Crippen molar-refractivity contribution in [3.8, 4) is 16.9 Å². The number of H-pyrrole nitrogens is 1. The largest absolute Gasteiger partial charge is 0.494 e. The van der Waals surface area contributed by atoms with Gasteiger partial charge in [-0.1, -0.05) is 42.5 Å². The molecule has 0 radical (unpaired) electrons. The fourth-order valence-electron chi connectivity index (χ4n) is 3.38. The van der Waals surface area contributed by atoms with Crippen LogP contribution in [0.25, 0.3) is 28.2 Å². The first kappa shape index (κ1) is 20.4. The van der Waals surface area contributed by atoms with Crippen molar-refractivity contribution in [3.63, 3.8) is 0 Å². The number of carbonyl (C=O) groups excluding carboxylic acids is 1. The Hall–Kier alpha value is -3.90. The summed E-state index contributed by atoms with van der Waals surface area (Å²) >= 11 is 0. The summed E-state index contributed by atoms with van der Waals surface area (Å²) in [6, 6.07) is 22.1. The molecule has 0 spiro atoms. The normalized spacial score (nSPS) is 11.2. The van der Waals surface area contributed by atoms with E-state index in [4.69, 9.17) is 14.9 Å². The van der Waals surface area contributed by atoms with Crippen molar-refractivity contribution < 1.29 is 14.7 Å². The molecule has 0 aliphatic carbocycles. The van der Waals surface area contributed by atoms with Crippen LogP contribution in [0.5, 0.6) is 5.75 Å². The molecule has 0 saturated carbocycles. The van der Waals surface area contributed by atoms with Crippen molar-refractivity contribution in [1.82, 2.24) is 15.4 Å². The minimum atomic E-state index is -0.559. The van der Waals surface area contributed by atoms with Crippen molar-refractivity contribution in [2.24, 2.45) is 0 Å². The molecule has 0 unspecified atom stereocenters. The lowest BCUT2D eigenvalue weighted by Gasteiger charge is -2.05. The van der Waals surface area contributed by atoms with Crippen molar-refractivity contribution in [3.05, 3.63) is 89.8 Å². The zero-order chi connectivity index (χ0) is 21.6. The van der Waals surface area contributed by atoms with Gasteiger partial charge in [0.2, 0.25) is 0 Å². The first-order chi connectivity index (χ1) is 15.1. The molecule has 6 nitrogen and oxygen atoms in total. The number of nitrogens with one attached hydrogen (secondary N) is 2. The number of carbonyl (C=O) groups is 1. The Labute approximate surface area is 180 Å². The highest BCUT2D eigenvalue weighted by Crippen LogP contribution is 2.26. The summed E-state index contributed by atoms with van der Waals surface area (Å²) in [7, 11) is 0. The number of aromatic nitrogens is 2. The second-order valence-corrected chi connectivity index (χ2v) is 7.10. The zero-order valence-corrected chi connectivity index (χ0v) is 17.1. The molecule has 0 bridgehead atoms. The van der Waals surface area contributed by atoms with Crippen LogP contribution >= 0.6 is 0 Å². The van der Waals surface area contributed by atoms with E-state index < -0.39 is 5.91 Å². The number of nitrogens with zero attached hydrogens (tertiary/aromatic N) is 1. The summed E-state index contributed by atoms with van der Waals surface area (Å²) in [5.41, 5.74) is 7.70. The fourth-order valence-corrected chi connectivity index (χ4v) is 3.38. The van der Waals surface area contributed by atoms with Crippen LogP contribution in [0.1, 0.15) is 23.9 Å². The van der Waals surface area contributed by atoms with Crippen LogP contribution in [-0.4, -0.2) is 27.7 Å². The number of rotatable bonds is 7. The average Bonchev–Trinajstić information content (AvgIpc) is 3.20. The second kappa shape index (κ2) is 9.28. The number of aromatic amines is 1. The van der Waals surface area contributed by atoms with Gasteiger partial charge >= 0.3 is 0 Å². The van der Waals surface area contributed by atoms with Gasteiger partial charge in [-0.2, -0.15) is 0 Å². The number of imidazole rings is 1. The molecular formula is C25H23N3O3. The molecule has 0 atom stereocenters. The van der Waals surface area contributed by atoms with Crippen molar-refractivity contribution in [1.29, 1.82) is 0 Å². The molecule has 1 aromatic heterocycles. The van der Waals surface area contributed by atoms with Gasteiger partial charge in [-0.15, -0.1) is 0 Å². The predicted molar refractivity (Wildman–Crippen MR) is 121 cm³/mol. The minimum Gasteiger partial charge on any atom is -0.494 e. The van der Waals surface area contributed by atoms with Crippen LogP contribution in [0, 0.1) is 0 Å². The number of amides is 1. The molecule has 6 heteroatoms. The van der Waals surface area contributed by atoms with E-state index in [2.05, 4.69) is 35.3 Å². The van der Waals surface area contributed by atoms with Crippen LogP contribution < -0.4 is 10.2 Å².